The summed E-state index contributed by atoms with van der Waals surface area (Å²) in [6.45, 7) is 0.896. The number of amides is 1. The minimum atomic E-state index is -0.320. The molecule has 4 rings (SSSR count). The van der Waals surface area contributed by atoms with Gasteiger partial charge in [-0.05, 0) is 35.7 Å². The molecule has 0 saturated heterocycles. The number of H-pyrrole nitrogens is 1. The number of nitrogens with one attached hydrogen (secondary N) is 2. The van der Waals surface area contributed by atoms with Crippen LogP contribution >= 0.6 is 0 Å². The first kappa shape index (κ1) is 15.8. The third-order valence-corrected chi connectivity index (χ3v) is 4.41. The van der Waals surface area contributed by atoms with E-state index in [1.807, 2.05) is 18.2 Å². The van der Waals surface area contributed by atoms with E-state index in [4.69, 9.17) is 4.74 Å². The number of imidazole rings is 1. The summed E-state index contributed by atoms with van der Waals surface area (Å²) in [5.74, 6) is 0.173. The highest BCUT2D eigenvalue weighted by molar-refractivity contribution is 5.77. The highest BCUT2D eigenvalue weighted by atomic mass is 19.1. The van der Waals surface area contributed by atoms with Crippen molar-refractivity contribution in [2.45, 2.75) is 25.5 Å². The number of fused-ring (bicyclic) bond motifs is 2. The van der Waals surface area contributed by atoms with Gasteiger partial charge in [-0.1, -0.05) is 24.3 Å². The molecule has 0 bridgehead atoms. The molecule has 128 valence electrons. The average molecular weight is 339 g/mol. The van der Waals surface area contributed by atoms with E-state index in [-0.39, 0.29) is 30.8 Å². The van der Waals surface area contributed by atoms with Gasteiger partial charge >= 0.3 is 0 Å². The van der Waals surface area contributed by atoms with Crippen LogP contribution in [-0.4, -0.2) is 22.5 Å². The van der Waals surface area contributed by atoms with Crippen LogP contribution in [0.4, 0.5) is 4.39 Å². The molecule has 0 saturated carbocycles. The number of aromatic amines is 1. The molecule has 2 N–H and O–H groups in total. The van der Waals surface area contributed by atoms with Gasteiger partial charge in [-0.25, -0.2) is 9.37 Å². The largest absolute Gasteiger partial charge is 0.373 e. The fourth-order valence-corrected chi connectivity index (χ4v) is 3.19. The average Bonchev–Trinajstić information content (AvgIpc) is 3.02. The maximum absolute atomic E-state index is 13.2. The molecule has 1 aromatic heterocycles. The van der Waals surface area contributed by atoms with Crippen LogP contribution < -0.4 is 5.32 Å². The molecule has 0 radical (unpaired) electrons. The van der Waals surface area contributed by atoms with Crippen LogP contribution in [0.25, 0.3) is 11.0 Å². The van der Waals surface area contributed by atoms with Crippen LogP contribution in [-0.2, 0) is 22.5 Å². The number of aromatic nitrogens is 2. The topological polar surface area (TPSA) is 67.0 Å². The molecule has 0 unspecified atom stereocenters. The molecule has 0 aliphatic carbocycles. The molecule has 25 heavy (non-hydrogen) atoms. The lowest BCUT2D eigenvalue weighted by Crippen LogP contribution is -2.27. The number of ether oxygens (including phenoxy) is 1. The second kappa shape index (κ2) is 6.64. The van der Waals surface area contributed by atoms with E-state index in [2.05, 4.69) is 21.4 Å². The summed E-state index contributed by atoms with van der Waals surface area (Å²) in [5.41, 5.74) is 3.62. The fourth-order valence-electron chi connectivity index (χ4n) is 3.19. The van der Waals surface area contributed by atoms with E-state index >= 15 is 0 Å². The van der Waals surface area contributed by atoms with Gasteiger partial charge in [0.05, 0.1) is 36.7 Å². The van der Waals surface area contributed by atoms with Crippen molar-refractivity contribution in [2.24, 2.45) is 0 Å². The number of carbonyl (C=O) groups is 1. The quantitative estimate of drug-likeness (QED) is 0.768. The number of hydrogen-bond donors (Lipinski definition) is 2. The number of halogens is 1. The molecule has 1 atom stereocenters. The van der Waals surface area contributed by atoms with E-state index in [0.717, 1.165) is 12.0 Å². The maximum atomic E-state index is 13.2. The van der Waals surface area contributed by atoms with Crippen molar-refractivity contribution < 1.29 is 13.9 Å². The molecule has 0 fully saturated rings. The van der Waals surface area contributed by atoms with E-state index in [1.165, 1.54) is 17.7 Å². The summed E-state index contributed by atoms with van der Waals surface area (Å²) in [6, 6.07) is 12.4. The Morgan fingerprint density at radius 1 is 1.32 bits per heavy atom. The monoisotopic (exact) mass is 339 g/mol. The van der Waals surface area contributed by atoms with Gasteiger partial charge < -0.3 is 15.0 Å². The van der Waals surface area contributed by atoms with Gasteiger partial charge in [-0.3, -0.25) is 4.79 Å². The van der Waals surface area contributed by atoms with Gasteiger partial charge in [-0.2, -0.15) is 0 Å². The van der Waals surface area contributed by atoms with Crippen molar-refractivity contribution >= 4 is 16.9 Å². The maximum Gasteiger partial charge on any atom is 0.223 e. The van der Waals surface area contributed by atoms with Gasteiger partial charge in [0.1, 0.15) is 11.6 Å². The molecule has 1 aliphatic rings. The Balaban J connectivity index is 1.39. The third kappa shape index (κ3) is 3.39. The second-order valence-corrected chi connectivity index (χ2v) is 6.13. The third-order valence-electron chi connectivity index (χ3n) is 4.41. The molecule has 2 aromatic carbocycles. The Labute approximate surface area is 144 Å². The number of benzene rings is 2. The summed E-state index contributed by atoms with van der Waals surface area (Å²) < 4.78 is 19.0. The number of carbonyl (C=O) groups excluding carboxylic acids is 1. The number of nitrogens with zero attached hydrogens (tertiary/aromatic N) is 1. The summed E-state index contributed by atoms with van der Waals surface area (Å²) in [6.07, 6.45) is 0.935. The van der Waals surface area contributed by atoms with Crippen molar-refractivity contribution in [1.82, 2.24) is 15.3 Å². The molecule has 3 aromatic rings. The molecule has 6 heteroatoms. The smallest absolute Gasteiger partial charge is 0.223 e. The Morgan fingerprint density at radius 3 is 3.12 bits per heavy atom. The predicted octanol–water partition coefficient (Wildman–Crippen LogP) is 3.02. The molecular weight excluding hydrogens is 321 g/mol. The molecular formula is C19H18FN3O2. The Hall–Kier alpha value is -2.73. The lowest BCUT2D eigenvalue weighted by Gasteiger charge is -2.25. The van der Waals surface area contributed by atoms with Crippen LogP contribution in [0.1, 0.15) is 29.5 Å². The molecule has 2 heterocycles. The minimum Gasteiger partial charge on any atom is -0.373 e. The van der Waals surface area contributed by atoms with Crippen LogP contribution in [0.15, 0.2) is 42.5 Å². The van der Waals surface area contributed by atoms with Gasteiger partial charge in [0.2, 0.25) is 5.91 Å². The zero-order valence-corrected chi connectivity index (χ0v) is 13.6. The SMILES string of the molecule is O=C(C[C@@H]1OCCc2ccccc21)NCc1nc2ccc(F)cc2[nH]1. The fraction of sp³-hybridized carbons (Fsp3) is 0.263. The van der Waals surface area contributed by atoms with Crippen molar-refractivity contribution in [1.29, 1.82) is 0 Å². The van der Waals surface area contributed by atoms with Crippen molar-refractivity contribution in [2.75, 3.05) is 6.61 Å². The van der Waals surface area contributed by atoms with E-state index in [1.54, 1.807) is 6.07 Å². The van der Waals surface area contributed by atoms with Gasteiger partial charge in [0, 0.05) is 0 Å². The molecule has 1 aliphatic heterocycles. The Morgan fingerprint density at radius 2 is 2.20 bits per heavy atom. The van der Waals surface area contributed by atoms with Crippen molar-refractivity contribution in [3.8, 4) is 0 Å². The van der Waals surface area contributed by atoms with Crippen molar-refractivity contribution in [3.05, 3.63) is 65.2 Å². The summed E-state index contributed by atoms with van der Waals surface area (Å²) in [4.78, 5) is 19.6. The highest BCUT2D eigenvalue weighted by Crippen LogP contribution is 2.29. The zero-order chi connectivity index (χ0) is 17.2. The first-order chi connectivity index (χ1) is 12.2. The van der Waals surface area contributed by atoms with Crippen LogP contribution in [0.5, 0.6) is 0 Å². The van der Waals surface area contributed by atoms with Gasteiger partial charge in [0.15, 0.2) is 0 Å². The first-order valence-electron chi connectivity index (χ1n) is 8.29. The Bertz CT molecular complexity index is 922. The van der Waals surface area contributed by atoms with Gasteiger partial charge in [-0.15, -0.1) is 0 Å². The van der Waals surface area contributed by atoms with Crippen LogP contribution in [0.2, 0.25) is 0 Å². The van der Waals surface area contributed by atoms with E-state index in [9.17, 15) is 9.18 Å². The summed E-state index contributed by atoms with van der Waals surface area (Å²) in [5, 5.41) is 2.85. The highest BCUT2D eigenvalue weighted by Gasteiger charge is 2.23. The molecule has 5 nitrogen and oxygen atoms in total. The summed E-state index contributed by atoms with van der Waals surface area (Å²) in [7, 11) is 0. The molecule has 1 amide bonds. The number of hydrogen-bond acceptors (Lipinski definition) is 3. The minimum absolute atomic E-state index is 0.103. The van der Waals surface area contributed by atoms with E-state index in [0.29, 0.717) is 23.5 Å². The van der Waals surface area contributed by atoms with Gasteiger partial charge in [0.25, 0.3) is 0 Å². The van der Waals surface area contributed by atoms with E-state index < -0.39 is 0 Å². The Kier molecular flexibility index (Phi) is 4.19. The standard InChI is InChI=1S/C19H18FN3O2/c20-13-5-6-15-16(9-13)23-18(22-15)11-21-19(24)10-17-14-4-2-1-3-12(14)7-8-25-17/h1-6,9,17H,7-8,10-11H2,(H,21,24)(H,22,23)/t17-/m0/s1. The lowest BCUT2D eigenvalue weighted by molar-refractivity contribution is -0.124. The zero-order valence-electron chi connectivity index (χ0n) is 13.6. The summed E-state index contributed by atoms with van der Waals surface area (Å²) >= 11 is 0. The van der Waals surface area contributed by atoms with Crippen molar-refractivity contribution in [3.63, 3.8) is 0 Å². The first-order valence-corrected chi connectivity index (χ1v) is 8.29. The predicted molar refractivity (Wildman–Crippen MR) is 91.4 cm³/mol. The van der Waals surface area contributed by atoms with Crippen LogP contribution in [0.3, 0.4) is 0 Å². The second-order valence-electron chi connectivity index (χ2n) is 6.13. The lowest BCUT2D eigenvalue weighted by atomic mass is 9.96. The number of rotatable bonds is 4. The molecule has 0 spiro atoms. The normalized spacial score (nSPS) is 16.6. The van der Waals surface area contributed by atoms with Crippen LogP contribution in [0, 0.1) is 5.82 Å².